The first-order valence-electron chi connectivity index (χ1n) is 8.80. The molecule has 6 nitrogen and oxygen atoms in total. The fraction of sp³-hybridized carbons (Fsp3) is 0.263. The summed E-state index contributed by atoms with van der Waals surface area (Å²) in [5, 5.41) is 11.5. The van der Waals surface area contributed by atoms with Crippen molar-refractivity contribution in [3.8, 4) is 0 Å². The number of H-pyrrole nitrogens is 1. The lowest BCUT2D eigenvalue weighted by Gasteiger charge is -2.09. The number of nitrogens with one attached hydrogen (secondary N) is 1. The number of hydrogen-bond donors (Lipinski definition) is 1. The molecule has 1 aromatic carbocycles. The fourth-order valence-electron chi connectivity index (χ4n) is 2.91. The summed E-state index contributed by atoms with van der Waals surface area (Å²) in [5.74, 6) is 2.17. The highest BCUT2D eigenvalue weighted by Gasteiger charge is 2.14. The molecule has 0 atom stereocenters. The van der Waals surface area contributed by atoms with Crippen molar-refractivity contribution >= 4 is 33.3 Å². The van der Waals surface area contributed by atoms with E-state index < -0.39 is 0 Å². The van der Waals surface area contributed by atoms with Crippen LogP contribution in [0.1, 0.15) is 30.6 Å². The molecule has 0 saturated carbocycles. The van der Waals surface area contributed by atoms with Gasteiger partial charge >= 0.3 is 0 Å². The van der Waals surface area contributed by atoms with E-state index in [-0.39, 0.29) is 5.56 Å². The van der Waals surface area contributed by atoms with E-state index in [4.69, 9.17) is 0 Å². The van der Waals surface area contributed by atoms with Gasteiger partial charge in [0.2, 0.25) is 0 Å². The van der Waals surface area contributed by atoms with Crippen LogP contribution in [0.5, 0.6) is 0 Å². The van der Waals surface area contributed by atoms with Crippen LogP contribution in [-0.4, -0.2) is 24.7 Å². The minimum absolute atomic E-state index is 0.0783. The summed E-state index contributed by atoms with van der Waals surface area (Å²) in [6.45, 7) is 3.01. The highest BCUT2D eigenvalue weighted by Crippen LogP contribution is 2.23. The highest BCUT2D eigenvalue weighted by molar-refractivity contribution is 7.98. The molecule has 0 bridgehead atoms. The van der Waals surface area contributed by atoms with E-state index in [1.54, 1.807) is 11.8 Å². The molecule has 27 heavy (non-hydrogen) atoms. The van der Waals surface area contributed by atoms with Crippen LogP contribution in [0.15, 0.2) is 51.7 Å². The topological polar surface area (TPSA) is 76.5 Å². The molecule has 0 saturated heterocycles. The standard InChI is InChI=1S/C19H19N5OS2/c1-2-9-24-16(11-13-6-4-3-5-7-13)22-23-19(24)27-12-15-20-14-8-10-26-17(14)18(25)21-15/h3-8,10H,2,9,11-12H2,1H3,(H,20,21,25). The summed E-state index contributed by atoms with van der Waals surface area (Å²) < 4.78 is 2.84. The summed E-state index contributed by atoms with van der Waals surface area (Å²) >= 11 is 2.96. The van der Waals surface area contributed by atoms with E-state index in [2.05, 4.69) is 43.8 Å². The van der Waals surface area contributed by atoms with Gasteiger partial charge in [0.1, 0.15) is 16.3 Å². The van der Waals surface area contributed by atoms with Crippen LogP contribution in [0.2, 0.25) is 0 Å². The number of thiophene rings is 1. The van der Waals surface area contributed by atoms with Crippen molar-refractivity contribution in [2.24, 2.45) is 0 Å². The molecular weight excluding hydrogens is 378 g/mol. The van der Waals surface area contributed by atoms with Gasteiger partial charge < -0.3 is 9.55 Å². The first-order chi connectivity index (χ1) is 13.2. The van der Waals surface area contributed by atoms with Gasteiger partial charge in [0, 0.05) is 13.0 Å². The molecule has 0 spiro atoms. The maximum Gasteiger partial charge on any atom is 0.268 e. The molecule has 4 rings (SSSR count). The summed E-state index contributed by atoms with van der Waals surface area (Å²) in [6, 6.07) is 12.2. The van der Waals surface area contributed by atoms with Crippen LogP contribution in [-0.2, 0) is 18.7 Å². The predicted octanol–water partition coefficient (Wildman–Crippen LogP) is 3.87. The fourth-order valence-corrected chi connectivity index (χ4v) is 4.49. The zero-order valence-electron chi connectivity index (χ0n) is 14.9. The smallest absolute Gasteiger partial charge is 0.268 e. The first-order valence-corrected chi connectivity index (χ1v) is 10.7. The molecule has 3 heterocycles. The van der Waals surface area contributed by atoms with Gasteiger partial charge in [0.25, 0.3) is 5.56 Å². The molecule has 0 aliphatic carbocycles. The second-order valence-corrected chi connectivity index (χ2v) is 8.01. The van der Waals surface area contributed by atoms with Gasteiger partial charge in [-0.1, -0.05) is 49.0 Å². The van der Waals surface area contributed by atoms with Crippen molar-refractivity contribution in [1.29, 1.82) is 0 Å². The van der Waals surface area contributed by atoms with E-state index in [1.807, 2.05) is 29.6 Å². The number of thioether (sulfide) groups is 1. The zero-order chi connectivity index (χ0) is 18.6. The average molecular weight is 398 g/mol. The Morgan fingerprint density at radius 2 is 2.04 bits per heavy atom. The molecule has 0 unspecified atom stereocenters. The summed E-state index contributed by atoms with van der Waals surface area (Å²) in [5.41, 5.74) is 1.89. The number of hydrogen-bond acceptors (Lipinski definition) is 6. The van der Waals surface area contributed by atoms with Crippen LogP contribution in [0.3, 0.4) is 0 Å². The Labute approximate surface area is 164 Å². The van der Waals surface area contributed by atoms with E-state index in [0.29, 0.717) is 16.3 Å². The third kappa shape index (κ3) is 3.96. The van der Waals surface area contributed by atoms with Gasteiger partial charge in [0.05, 0.1) is 11.3 Å². The number of aromatic amines is 1. The van der Waals surface area contributed by atoms with E-state index in [0.717, 1.165) is 35.9 Å². The second kappa shape index (κ2) is 8.06. The third-order valence-corrected chi connectivity index (χ3v) is 6.03. The normalized spacial score (nSPS) is 11.3. The molecule has 3 aromatic heterocycles. The van der Waals surface area contributed by atoms with Crippen LogP contribution in [0, 0.1) is 0 Å². The lowest BCUT2D eigenvalue weighted by molar-refractivity contribution is 0.597. The molecule has 0 radical (unpaired) electrons. The van der Waals surface area contributed by atoms with Crippen molar-refractivity contribution in [2.45, 2.75) is 37.2 Å². The largest absolute Gasteiger partial charge is 0.309 e. The Hall–Kier alpha value is -2.45. The Morgan fingerprint density at radius 3 is 2.85 bits per heavy atom. The quantitative estimate of drug-likeness (QED) is 0.479. The van der Waals surface area contributed by atoms with Crippen LogP contribution in [0.25, 0.3) is 10.2 Å². The molecule has 1 N–H and O–H groups in total. The van der Waals surface area contributed by atoms with Crippen LogP contribution in [0.4, 0.5) is 0 Å². The van der Waals surface area contributed by atoms with Crippen molar-refractivity contribution in [3.63, 3.8) is 0 Å². The number of aromatic nitrogens is 5. The Bertz CT molecular complexity index is 1100. The Balaban J connectivity index is 1.55. The highest BCUT2D eigenvalue weighted by atomic mass is 32.2. The summed E-state index contributed by atoms with van der Waals surface area (Å²) in [7, 11) is 0. The second-order valence-electron chi connectivity index (χ2n) is 6.15. The predicted molar refractivity (Wildman–Crippen MR) is 109 cm³/mol. The summed E-state index contributed by atoms with van der Waals surface area (Å²) in [4.78, 5) is 19.5. The van der Waals surface area contributed by atoms with E-state index in [1.165, 1.54) is 16.9 Å². The molecule has 138 valence electrons. The van der Waals surface area contributed by atoms with Crippen LogP contribution < -0.4 is 5.56 Å². The molecule has 0 fully saturated rings. The zero-order valence-corrected chi connectivity index (χ0v) is 16.5. The van der Waals surface area contributed by atoms with Gasteiger partial charge in [-0.3, -0.25) is 4.79 Å². The minimum Gasteiger partial charge on any atom is -0.309 e. The Morgan fingerprint density at radius 1 is 1.19 bits per heavy atom. The number of fused-ring (bicyclic) bond motifs is 1. The monoisotopic (exact) mass is 397 g/mol. The third-order valence-electron chi connectivity index (χ3n) is 4.15. The molecule has 0 aliphatic heterocycles. The lowest BCUT2D eigenvalue weighted by Crippen LogP contribution is -2.10. The molecule has 0 amide bonds. The van der Waals surface area contributed by atoms with Gasteiger partial charge in [-0.05, 0) is 23.4 Å². The van der Waals surface area contributed by atoms with E-state index >= 15 is 0 Å². The number of benzene rings is 1. The van der Waals surface area contributed by atoms with Crippen LogP contribution >= 0.6 is 23.1 Å². The SMILES string of the molecule is CCCn1c(Cc2ccccc2)nnc1SCc1nc2ccsc2c(=O)[nH]1. The molecule has 8 heteroatoms. The van der Waals surface area contributed by atoms with Gasteiger partial charge in [-0.15, -0.1) is 21.5 Å². The summed E-state index contributed by atoms with van der Waals surface area (Å²) in [6.07, 6.45) is 1.76. The van der Waals surface area contributed by atoms with Gasteiger partial charge in [0.15, 0.2) is 5.16 Å². The molecular formula is C19H19N5OS2. The van der Waals surface area contributed by atoms with E-state index in [9.17, 15) is 4.79 Å². The molecule has 0 aliphatic rings. The van der Waals surface area contributed by atoms with Gasteiger partial charge in [-0.2, -0.15) is 0 Å². The lowest BCUT2D eigenvalue weighted by atomic mass is 10.1. The van der Waals surface area contributed by atoms with Crippen molar-refractivity contribution in [2.75, 3.05) is 0 Å². The number of rotatable bonds is 7. The number of nitrogens with zero attached hydrogens (tertiary/aromatic N) is 4. The minimum atomic E-state index is -0.0783. The van der Waals surface area contributed by atoms with Gasteiger partial charge in [-0.25, -0.2) is 4.98 Å². The Kier molecular flexibility index (Phi) is 5.35. The van der Waals surface area contributed by atoms with Crippen molar-refractivity contribution in [1.82, 2.24) is 24.7 Å². The average Bonchev–Trinajstić information content (AvgIpc) is 3.29. The maximum absolute atomic E-state index is 12.1. The maximum atomic E-state index is 12.1. The molecule has 4 aromatic rings. The van der Waals surface area contributed by atoms with Crippen molar-refractivity contribution < 1.29 is 0 Å². The van der Waals surface area contributed by atoms with Crippen molar-refractivity contribution in [3.05, 3.63) is 69.3 Å². The first kappa shape index (κ1) is 17.9.